The summed E-state index contributed by atoms with van der Waals surface area (Å²) < 4.78 is 0. The van der Waals surface area contributed by atoms with Crippen LogP contribution in [0, 0.1) is 0 Å². The minimum atomic E-state index is 0.269. The Labute approximate surface area is 98.9 Å². The highest BCUT2D eigenvalue weighted by molar-refractivity contribution is 7.99. The van der Waals surface area contributed by atoms with Crippen molar-refractivity contribution in [2.45, 2.75) is 17.9 Å². The zero-order valence-corrected chi connectivity index (χ0v) is 9.78. The molecule has 16 heavy (non-hydrogen) atoms. The van der Waals surface area contributed by atoms with Gasteiger partial charge >= 0.3 is 0 Å². The van der Waals surface area contributed by atoms with Crippen molar-refractivity contribution < 1.29 is 5.11 Å². The fraction of sp³-hybridized carbons (Fsp3) is 0.333. The van der Waals surface area contributed by atoms with E-state index in [0.717, 1.165) is 34.5 Å². The third-order valence-corrected chi connectivity index (χ3v) is 3.39. The second-order valence-electron chi connectivity index (χ2n) is 3.48. The normalized spacial score (nSPS) is 10.8. The Balaban J connectivity index is 2.11. The third-order valence-electron chi connectivity index (χ3n) is 2.30. The van der Waals surface area contributed by atoms with Gasteiger partial charge in [-0.25, -0.2) is 9.97 Å². The predicted octanol–water partition coefficient (Wildman–Crippen LogP) is 2.49. The summed E-state index contributed by atoms with van der Waals surface area (Å²) in [7, 11) is 0. The lowest BCUT2D eigenvalue weighted by Crippen LogP contribution is -1.89. The van der Waals surface area contributed by atoms with Gasteiger partial charge in [0.2, 0.25) is 0 Å². The molecule has 0 unspecified atom stereocenters. The largest absolute Gasteiger partial charge is 0.396 e. The number of aromatic nitrogens is 2. The van der Waals surface area contributed by atoms with Gasteiger partial charge in [-0.2, -0.15) is 0 Å². The number of aliphatic hydroxyl groups is 1. The summed E-state index contributed by atoms with van der Waals surface area (Å²) in [4.78, 5) is 8.52. The SMILES string of the molecule is OCCCCSc1ncnc2ccccc12. The van der Waals surface area contributed by atoms with E-state index in [0.29, 0.717) is 0 Å². The Morgan fingerprint density at radius 3 is 2.88 bits per heavy atom. The molecule has 1 N–H and O–H groups in total. The molecule has 0 aliphatic rings. The van der Waals surface area contributed by atoms with Crippen LogP contribution in [0.5, 0.6) is 0 Å². The van der Waals surface area contributed by atoms with Crippen LogP contribution >= 0.6 is 11.8 Å². The average molecular weight is 234 g/mol. The molecule has 0 saturated carbocycles. The molecule has 0 aliphatic carbocycles. The van der Waals surface area contributed by atoms with Gasteiger partial charge < -0.3 is 5.11 Å². The predicted molar refractivity (Wildman–Crippen MR) is 66.6 cm³/mol. The van der Waals surface area contributed by atoms with Crippen LogP contribution in [-0.2, 0) is 0 Å². The molecule has 0 aliphatic heterocycles. The molecular weight excluding hydrogens is 220 g/mol. The Bertz CT molecular complexity index is 456. The topological polar surface area (TPSA) is 46.0 Å². The van der Waals surface area contributed by atoms with Crippen LogP contribution in [0.1, 0.15) is 12.8 Å². The molecule has 0 bridgehead atoms. The maximum atomic E-state index is 8.70. The number of nitrogens with zero attached hydrogens (tertiary/aromatic N) is 2. The highest BCUT2D eigenvalue weighted by atomic mass is 32.2. The number of hydrogen-bond acceptors (Lipinski definition) is 4. The Morgan fingerprint density at radius 1 is 1.12 bits per heavy atom. The average Bonchev–Trinajstić information content (AvgIpc) is 2.35. The minimum Gasteiger partial charge on any atom is -0.396 e. The first-order chi connectivity index (χ1) is 7.92. The van der Waals surface area contributed by atoms with E-state index in [1.165, 1.54) is 0 Å². The lowest BCUT2D eigenvalue weighted by atomic mass is 10.2. The number of unbranched alkanes of at least 4 members (excludes halogenated alkanes) is 1. The summed E-state index contributed by atoms with van der Waals surface area (Å²) in [6, 6.07) is 8.03. The number of aliphatic hydroxyl groups excluding tert-OH is 1. The molecule has 3 nitrogen and oxygen atoms in total. The maximum absolute atomic E-state index is 8.70. The molecule has 0 atom stereocenters. The summed E-state index contributed by atoms with van der Waals surface area (Å²) in [5, 5.41) is 10.8. The molecule has 0 radical (unpaired) electrons. The van der Waals surface area contributed by atoms with E-state index in [4.69, 9.17) is 5.11 Å². The lowest BCUT2D eigenvalue weighted by molar-refractivity contribution is 0.287. The van der Waals surface area contributed by atoms with Gasteiger partial charge in [-0.15, -0.1) is 11.8 Å². The molecule has 2 aromatic rings. The van der Waals surface area contributed by atoms with Crippen molar-refractivity contribution in [3.8, 4) is 0 Å². The molecule has 1 aromatic heterocycles. The van der Waals surface area contributed by atoms with Crippen LogP contribution < -0.4 is 0 Å². The van der Waals surface area contributed by atoms with Gasteiger partial charge in [0, 0.05) is 12.0 Å². The van der Waals surface area contributed by atoms with Gasteiger partial charge in [-0.3, -0.25) is 0 Å². The molecule has 2 rings (SSSR count). The van der Waals surface area contributed by atoms with E-state index in [2.05, 4.69) is 9.97 Å². The monoisotopic (exact) mass is 234 g/mol. The third kappa shape index (κ3) is 2.71. The van der Waals surface area contributed by atoms with Crippen LogP contribution in [-0.4, -0.2) is 27.4 Å². The molecular formula is C12H14N2OS. The van der Waals surface area contributed by atoms with Crippen molar-refractivity contribution in [2.75, 3.05) is 12.4 Å². The number of para-hydroxylation sites is 1. The van der Waals surface area contributed by atoms with Crippen molar-refractivity contribution in [3.63, 3.8) is 0 Å². The number of hydrogen-bond donors (Lipinski definition) is 1. The van der Waals surface area contributed by atoms with E-state index >= 15 is 0 Å². The van der Waals surface area contributed by atoms with Crippen LogP contribution in [0.15, 0.2) is 35.6 Å². The van der Waals surface area contributed by atoms with Crippen molar-refractivity contribution in [3.05, 3.63) is 30.6 Å². The van der Waals surface area contributed by atoms with E-state index in [1.807, 2.05) is 24.3 Å². The molecule has 1 aromatic carbocycles. The molecule has 0 saturated heterocycles. The van der Waals surface area contributed by atoms with Crippen LogP contribution in [0.2, 0.25) is 0 Å². The first-order valence-electron chi connectivity index (χ1n) is 5.35. The fourth-order valence-electron chi connectivity index (χ4n) is 1.48. The van der Waals surface area contributed by atoms with E-state index in [9.17, 15) is 0 Å². The molecule has 0 amide bonds. The number of fused-ring (bicyclic) bond motifs is 1. The quantitative estimate of drug-likeness (QED) is 0.490. The molecule has 84 valence electrons. The number of benzene rings is 1. The van der Waals surface area contributed by atoms with Gasteiger partial charge in [0.05, 0.1) is 5.52 Å². The summed E-state index contributed by atoms with van der Waals surface area (Å²) in [6.07, 6.45) is 3.48. The van der Waals surface area contributed by atoms with Crippen LogP contribution in [0.4, 0.5) is 0 Å². The summed E-state index contributed by atoms with van der Waals surface area (Å²) >= 11 is 1.73. The van der Waals surface area contributed by atoms with Gasteiger partial charge in [-0.05, 0) is 24.7 Å². The van der Waals surface area contributed by atoms with E-state index < -0.39 is 0 Å². The van der Waals surface area contributed by atoms with Gasteiger partial charge in [-0.1, -0.05) is 18.2 Å². The van der Waals surface area contributed by atoms with Crippen LogP contribution in [0.25, 0.3) is 10.9 Å². The summed E-state index contributed by atoms with van der Waals surface area (Å²) in [5.74, 6) is 0.988. The highest BCUT2D eigenvalue weighted by Gasteiger charge is 2.02. The Kier molecular flexibility index (Phi) is 4.13. The summed E-state index contributed by atoms with van der Waals surface area (Å²) in [5.41, 5.74) is 0.988. The van der Waals surface area contributed by atoms with Gasteiger partial charge in [0.1, 0.15) is 11.4 Å². The first-order valence-corrected chi connectivity index (χ1v) is 6.34. The Morgan fingerprint density at radius 2 is 2.00 bits per heavy atom. The zero-order valence-electron chi connectivity index (χ0n) is 8.97. The first kappa shape index (κ1) is 11.4. The van der Waals surface area contributed by atoms with Crippen molar-refractivity contribution >= 4 is 22.7 Å². The summed E-state index contributed by atoms with van der Waals surface area (Å²) in [6.45, 7) is 0.269. The van der Waals surface area contributed by atoms with Crippen molar-refractivity contribution in [1.29, 1.82) is 0 Å². The molecule has 4 heteroatoms. The standard InChI is InChI=1S/C12H14N2OS/c15-7-3-4-8-16-12-10-5-1-2-6-11(10)13-9-14-12/h1-2,5-6,9,15H,3-4,7-8H2. The van der Waals surface area contributed by atoms with E-state index in [-0.39, 0.29) is 6.61 Å². The fourth-order valence-corrected chi connectivity index (χ4v) is 2.47. The van der Waals surface area contributed by atoms with Gasteiger partial charge in [0.15, 0.2) is 0 Å². The second kappa shape index (κ2) is 5.82. The smallest absolute Gasteiger partial charge is 0.117 e. The lowest BCUT2D eigenvalue weighted by Gasteiger charge is -2.03. The van der Waals surface area contributed by atoms with Gasteiger partial charge in [0.25, 0.3) is 0 Å². The number of thioether (sulfide) groups is 1. The molecule has 0 spiro atoms. The molecule has 1 heterocycles. The zero-order chi connectivity index (χ0) is 11.2. The number of rotatable bonds is 5. The highest BCUT2D eigenvalue weighted by Crippen LogP contribution is 2.24. The maximum Gasteiger partial charge on any atom is 0.117 e. The van der Waals surface area contributed by atoms with Crippen molar-refractivity contribution in [2.24, 2.45) is 0 Å². The van der Waals surface area contributed by atoms with Crippen molar-refractivity contribution in [1.82, 2.24) is 9.97 Å². The minimum absolute atomic E-state index is 0.269. The molecule has 0 fully saturated rings. The Hall–Kier alpha value is -1.13. The van der Waals surface area contributed by atoms with Crippen LogP contribution in [0.3, 0.4) is 0 Å². The second-order valence-corrected chi connectivity index (χ2v) is 4.56. The van der Waals surface area contributed by atoms with E-state index in [1.54, 1.807) is 18.1 Å².